The van der Waals surface area contributed by atoms with Gasteiger partial charge < -0.3 is 9.47 Å². The second-order valence-electron chi connectivity index (χ2n) is 7.04. The van der Waals surface area contributed by atoms with Gasteiger partial charge in [-0.15, -0.1) is 0 Å². The van der Waals surface area contributed by atoms with Crippen molar-refractivity contribution < 1.29 is 19.1 Å². The van der Waals surface area contributed by atoms with Crippen molar-refractivity contribution in [3.8, 4) is 11.5 Å². The molecule has 0 fully saturated rings. The van der Waals surface area contributed by atoms with E-state index in [1.165, 1.54) is 25.0 Å². The Morgan fingerprint density at radius 1 is 0.958 bits per heavy atom. The number of hydrogen-bond acceptors (Lipinski definition) is 4. The van der Waals surface area contributed by atoms with E-state index in [9.17, 15) is 9.59 Å². The highest BCUT2D eigenvalue weighted by Crippen LogP contribution is 2.42. The highest BCUT2D eigenvalue weighted by atomic mass is 16.5. The maximum absolute atomic E-state index is 11.4. The summed E-state index contributed by atoms with van der Waals surface area (Å²) in [4.78, 5) is 22.8. The maximum atomic E-state index is 11.4. The van der Waals surface area contributed by atoms with Crippen LogP contribution in [0.1, 0.15) is 51.7 Å². The lowest BCUT2D eigenvalue weighted by molar-refractivity contribution is -0.132. The van der Waals surface area contributed by atoms with Crippen LogP contribution in [0.25, 0.3) is 10.8 Å². The smallest absolute Gasteiger partial charge is 0.308 e. The van der Waals surface area contributed by atoms with Crippen LogP contribution in [0.2, 0.25) is 0 Å². The molecule has 1 aliphatic rings. The van der Waals surface area contributed by atoms with Crippen LogP contribution in [0.5, 0.6) is 11.5 Å². The third-order valence-electron chi connectivity index (χ3n) is 4.64. The van der Waals surface area contributed by atoms with Crippen molar-refractivity contribution in [1.29, 1.82) is 0 Å². The normalized spacial score (nSPS) is 15.7. The van der Waals surface area contributed by atoms with Gasteiger partial charge in [-0.25, -0.2) is 0 Å². The number of rotatable bonds is 2. The van der Waals surface area contributed by atoms with E-state index in [0.29, 0.717) is 11.5 Å². The second kappa shape index (κ2) is 5.93. The monoisotopic (exact) mass is 326 g/mol. The van der Waals surface area contributed by atoms with Crippen LogP contribution >= 0.6 is 0 Å². The lowest BCUT2D eigenvalue weighted by atomic mass is 9.72. The molecule has 0 unspecified atom stereocenters. The van der Waals surface area contributed by atoms with Gasteiger partial charge in [0.25, 0.3) is 0 Å². The molecule has 0 atom stereocenters. The van der Waals surface area contributed by atoms with Gasteiger partial charge in [-0.1, -0.05) is 13.8 Å². The molecule has 4 nitrogen and oxygen atoms in total. The molecule has 0 radical (unpaired) electrons. The Bertz CT molecular complexity index is 833. The summed E-state index contributed by atoms with van der Waals surface area (Å²) in [6, 6.07) is 7.54. The van der Waals surface area contributed by atoms with Crippen LogP contribution in [0, 0.1) is 0 Å². The van der Waals surface area contributed by atoms with Crippen LogP contribution in [-0.4, -0.2) is 11.9 Å². The number of carbonyl (C=O) groups excluding carboxylic acids is 2. The zero-order valence-electron chi connectivity index (χ0n) is 14.6. The van der Waals surface area contributed by atoms with Crippen LogP contribution < -0.4 is 9.47 Å². The van der Waals surface area contributed by atoms with Gasteiger partial charge in [0.15, 0.2) is 0 Å². The summed E-state index contributed by atoms with van der Waals surface area (Å²) in [5.74, 6) is 0.264. The van der Waals surface area contributed by atoms with E-state index in [0.717, 1.165) is 30.0 Å². The third kappa shape index (κ3) is 3.01. The first-order valence-electron chi connectivity index (χ1n) is 8.25. The quantitative estimate of drug-likeness (QED) is 0.610. The van der Waals surface area contributed by atoms with Gasteiger partial charge in [0.1, 0.15) is 11.5 Å². The van der Waals surface area contributed by atoms with Crippen LogP contribution in [0.3, 0.4) is 0 Å². The summed E-state index contributed by atoms with van der Waals surface area (Å²) in [5.41, 5.74) is 2.62. The van der Waals surface area contributed by atoms with E-state index >= 15 is 0 Å². The fourth-order valence-electron chi connectivity index (χ4n) is 3.56. The molecule has 0 spiro atoms. The first kappa shape index (κ1) is 16.5. The molecular formula is C20H22O4. The molecule has 0 N–H and O–H groups in total. The molecule has 0 heterocycles. The van der Waals surface area contributed by atoms with E-state index in [4.69, 9.17) is 9.47 Å². The Morgan fingerprint density at radius 2 is 1.50 bits per heavy atom. The van der Waals surface area contributed by atoms with Crippen molar-refractivity contribution in [2.45, 2.75) is 52.4 Å². The molecule has 0 amide bonds. The Morgan fingerprint density at radius 3 is 2.04 bits per heavy atom. The zero-order valence-corrected chi connectivity index (χ0v) is 14.6. The second-order valence-corrected chi connectivity index (χ2v) is 7.04. The fourth-order valence-corrected chi connectivity index (χ4v) is 3.56. The van der Waals surface area contributed by atoms with Gasteiger partial charge in [0.05, 0.1) is 0 Å². The number of esters is 2. The number of carbonyl (C=O) groups is 2. The predicted molar refractivity (Wildman–Crippen MR) is 92.5 cm³/mol. The van der Waals surface area contributed by atoms with E-state index in [-0.39, 0.29) is 17.4 Å². The number of hydrogen-bond donors (Lipinski definition) is 0. The van der Waals surface area contributed by atoms with E-state index < -0.39 is 0 Å². The predicted octanol–water partition coefficient (Wildman–Crippen LogP) is 4.30. The summed E-state index contributed by atoms with van der Waals surface area (Å²) in [5, 5.41) is 1.61. The molecule has 0 bridgehead atoms. The minimum absolute atomic E-state index is 0.0761. The molecule has 3 rings (SSSR count). The van der Waals surface area contributed by atoms with Crippen LogP contribution in [0.15, 0.2) is 24.3 Å². The molecule has 1 aliphatic carbocycles. The molecule has 2 aromatic rings. The molecule has 126 valence electrons. The standard InChI is InChI=1S/C20H22O4/c1-12(21)23-18-7-8-19(24-13(2)22)16-11-17-14(10-15(16)18)6-5-9-20(17,3)4/h7-8,10-11H,5-6,9H2,1-4H3. The molecule has 4 heteroatoms. The van der Waals surface area contributed by atoms with Gasteiger partial charge in [-0.05, 0) is 60.1 Å². The minimum Gasteiger partial charge on any atom is -0.426 e. The molecule has 0 saturated heterocycles. The van der Waals surface area contributed by atoms with Gasteiger partial charge in [0, 0.05) is 24.6 Å². The van der Waals surface area contributed by atoms with Crippen molar-refractivity contribution in [3.63, 3.8) is 0 Å². The molecule has 0 aliphatic heterocycles. The number of ether oxygens (including phenoxy) is 2. The SMILES string of the molecule is CC(=O)Oc1ccc(OC(C)=O)c2cc3c(cc12)CCCC3(C)C. The number of aryl methyl sites for hydroxylation is 1. The van der Waals surface area contributed by atoms with E-state index in [1.54, 1.807) is 12.1 Å². The average molecular weight is 326 g/mol. The molecule has 2 aromatic carbocycles. The van der Waals surface area contributed by atoms with Crippen molar-refractivity contribution in [1.82, 2.24) is 0 Å². The average Bonchev–Trinajstić information content (AvgIpc) is 2.47. The largest absolute Gasteiger partial charge is 0.426 e. The number of benzene rings is 2. The Labute approximate surface area is 141 Å². The lowest BCUT2D eigenvalue weighted by Crippen LogP contribution is -2.23. The van der Waals surface area contributed by atoms with Gasteiger partial charge in [-0.2, -0.15) is 0 Å². The Balaban J connectivity index is 2.28. The lowest BCUT2D eigenvalue weighted by Gasteiger charge is -2.33. The van der Waals surface area contributed by atoms with Crippen molar-refractivity contribution in [2.75, 3.05) is 0 Å². The van der Waals surface area contributed by atoms with Crippen molar-refractivity contribution in [2.24, 2.45) is 0 Å². The van der Waals surface area contributed by atoms with Crippen molar-refractivity contribution >= 4 is 22.7 Å². The van der Waals surface area contributed by atoms with Gasteiger partial charge in [-0.3, -0.25) is 9.59 Å². The summed E-state index contributed by atoms with van der Waals surface area (Å²) < 4.78 is 10.7. The van der Waals surface area contributed by atoms with E-state index in [2.05, 4.69) is 26.0 Å². The molecule has 24 heavy (non-hydrogen) atoms. The third-order valence-corrected chi connectivity index (χ3v) is 4.64. The van der Waals surface area contributed by atoms with Crippen molar-refractivity contribution in [3.05, 3.63) is 35.4 Å². The minimum atomic E-state index is -0.367. The fraction of sp³-hybridized carbons (Fsp3) is 0.400. The zero-order chi connectivity index (χ0) is 17.5. The summed E-state index contributed by atoms with van der Waals surface area (Å²) in [6.07, 6.45) is 3.27. The Hall–Kier alpha value is -2.36. The summed E-state index contributed by atoms with van der Waals surface area (Å²) >= 11 is 0. The molecule has 0 saturated carbocycles. The highest BCUT2D eigenvalue weighted by Gasteiger charge is 2.28. The van der Waals surface area contributed by atoms with Gasteiger partial charge in [0.2, 0.25) is 0 Å². The molecular weight excluding hydrogens is 304 g/mol. The Kier molecular flexibility index (Phi) is 4.08. The molecule has 0 aromatic heterocycles. The first-order chi connectivity index (χ1) is 11.3. The number of fused-ring (bicyclic) bond motifs is 2. The topological polar surface area (TPSA) is 52.6 Å². The summed E-state index contributed by atoms with van der Waals surface area (Å²) in [6.45, 7) is 7.23. The van der Waals surface area contributed by atoms with Crippen LogP contribution in [0.4, 0.5) is 0 Å². The van der Waals surface area contributed by atoms with Crippen LogP contribution in [-0.2, 0) is 21.4 Å². The maximum Gasteiger partial charge on any atom is 0.308 e. The summed E-state index contributed by atoms with van der Waals surface area (Å²) in [7, 11) is 0. The highest BCUT2D eigenvalue weighted by molar-refractivity contribution is 5.97. The van der Waals surface area contributed by atoms with E-state index in [1.807, 2.05) is 0 Å². The van der Waals surface area contributed by atoms with Gasteiger partial charge >= 0.3 is 11.9 Å². The first-order valence-corrected chi connectivity index (χ1v) is 8.25.